The Morgan fingerprint density at radius 2 is 1.93 bits per heavy atom. The molecule has 1 N–H and O–H groups in total. The Labute approximate surface area is 82.8 Å². The van der Waals surface area contributed by atoms with Crippen LogP contribution < -0.4 is 0 Å². The van der Waals surface area contributed by atoms with Crippen LogP contribution in [0.2, 0.25) is 0 Å². The molecule has 0 radical (unpaired) electrons. The van der Waals surface area contributed by atoms with Crippen molar-refractivity contribution in [3.8, 4) is 0 Å². The van der Waals surface area contributed by atoms with Crippen molar-refractivity contribution in [3.05, 3.63) is 17.8 Å². The molecule has 4 nitrogen and oxygen atoms in total. The second-order valence-electron chi connectivity index (χ2n) is 4.49. The number of H-pyrrole nitrogens is 1. The van der Waals surface area contributed by atoms with Crippen LogP contribution in [0.1, 0.15) is 32.4 Å². The zero-order chi connectivity index (χ0) is 10.3. The Bertz CT molecular complexity index is 464. The van der Waals surface area contributed by atoms with Crippen molar-refractivity contribution >= 4 is 11.2 Å². The molecule has 14 heavy (non-hydrogen) atoms. The maximum absolute atomic E-state index is 4.44. The zero-order valence-electron chi connectivity index (χ0n) is 8.92. The summed E-state index contributed by atoms with van der Waals surface area (Å²) in [6.45, 7) is 8.21. The topological polar surface area (TPSA) is 54.5 Å². The lowest BCUT2D eigenvalue weighted by Crippen LogP contribution is -2.12. The molecule has 2 rings (SSSR count). The average Bonchev–Trinajstić information content (AvgIpc) is 2.45. The van der Waals surface area contributed by atoms with Gasteiger partial charge in [0.05, 0.1) is 6.20 Å². The second-order valence-corrected chi connectivity index (χ2v) is 4.49. The van der Waals surface area contributed by atoms with Crippen molar-refractivity contribution in [1.29, 1.82) is 0 Å². The Morgan fingerprint density at radius 3 is 2.57 bits per heavy atom. The summed E-state index contributed by atoms with van der Waals surface area (Å²) in [5.41, 5.74) is 1.68. The highest BCUT2D eigenvalue weighted by molar-refractivity contribution is 5.69. The third kappa shape index (κ3) is 1.47. The lowest BCUT2D eigenvalue weighted by Gasteiger charge is -2.13. The van der Waals surface area contributed by atoms with E-state index in [1.54, 1.807) is 6.20 Å². The third-order valence-corrected chi connectivity index (χ3v) is 2.07. The van der Waals surface area contributed by atoms with E-state index in [0.717, 1.165) is 22.8 Å². The minimum Gasteiger partial charge on any atom is -0.339 e. The first-order valence-corrected chi connectivity index (χ1v) is 4.66. The molecule has 0 unspecified atom stereocenters. The molecule has 0 bridgehead atoms. The molecule has 4 heteroatoms. The Morgan fingerprint density at radius 1 is 1.21 bits per heavy atom. The summed E-state index contributed by atoms with van der Waals surface area (Å²) in [6.07, 6.45) is 1.78. The van der Waals surface area contributed by atoms with Crippen LogP contribution in [0, 0.1) is 6.92 Å². The zero-order valence-corrected chi connectivity index (χ0v) is 8.92. The fraction of sp³-hybridized carbons (Fsp3) is 0.500. The van der Waals surface area contributed by atoms with Gasteiger partial charge in [0, 0.05) is 5.41 Å². The number of fused-ring (bicyclic) bond motifs is 1. The van der Waals surface area contributed by atoms with Crippen LogP contribution in [0.5, 0.6) is 0 Å². The predicted molar refractivity (Wildman–Crippen MR) is 55.1 cm³/mol. The molecule has 0 fully saturated rings. The van der Waals surface area contributed by atoms with Gasteiger partial charge in [-0.3, -0.25) is 0 Å². The average molecular weight is 190 g/mol. The van der Waals surface area contributed by atoms with Gasteiger partial charge < -0.3 is 4.98 Å². The number of aromatic amines is 1. The van der Waals surface area contributed by atoms with E-state index in [0.29, 0.717) is 0 Å². The monoisotopic (exact) mass is 190 g/mol. The van der Waals surface area contributed by atoms with Gasteiger partial charge in [0.1, 0.15) is 17.2 Å². The normalized spacial score (nSPS) is 12.3. The highest BCUT2D eigenvalue weighted by Crippen LogP contribution is 2.20. The molecular weight excluding hydrogens is 176 g/mol. The van der Waals surface area contributed by atoms with Crippen LogP contribution in [0.4, 0.5) is 0 Å². The lowest BCUT2D eigenvalue weighted by molar-refractivity contribution is 0.554. The quantitative estimate of drug-likeness (QED) is 0.690. The summed E-state index contributed by atoms with van der Waals surface area (Å²) >= 11 is 0. The van der Waals surface area contributed by atoms with Crippen molar-refractivity contribution in [2.24, 2.45) is 0 Å². The van der Waals surface area contributed by atoms with Crippen LogP contribution in [0.3, 0.4) is 0 Å². The molecule has 0 atom stereocenters. The van der Waals surface area contributed by atoms with E-state index in [-0.39, 0.29) is 5.41 Å². The largest absolute Gasteiger partial charge is 0.339 e. The SMILES string of the molecule is Cc1ncc2[nH]c(C(C)(C)C)nc2n1. The second kappa shape index (κ2) is 2.77. The minimum atomic E-state index is 0.0224. The summed E-state index contributed by atoms with van der Waals surface area (Å²) in [4.78, 5) is 16.0. The van der Waals surface area contributed by atoms with Crippen LogP contribution in [-0.2, 0) is 5.41 Å². The van der Waals surface area contributed by atoms with E-state index < -0.39 is 0 Å². The summed E-state index contributed by atoms with van der Waals surface area (Å²) in [6, 6.07) is 0. The van der Waals surface area contributed by atoms with Gasteiger partial charge in [0.2, 0.25) is 0 Å². The molecule has 74 valence electrons. The van der Waals surface area contributed by atoms with Gasteiger partial charge in [-0.2, -0.15) is 0 Å². The Hall–Kier alpha value is -1.45. The molecule has 0 aliphatic rings. The van der Waals surface area contributed by atoms with Gasteiger partial charge in [-0.05, 0) is 6.92 Å². The lowest BCUT2D eigenvalue weighted by atomic mass is 9.96. The molecular formula is C10H14N4. The standard InChI is InChI=1S/C10H14N4/c1-6-11-5-7-8(12-6)14-9(13-7)10(2,3)4/h5H,1-4H3,(H,11,12,13,14). The van der Waals surface area contributed by atoms with Crippen molar-refractivity contribution in [1.82, 2.24) is 19.9 Å². The first-order valence-electron chi connectivity index (χ1n) is 4.66. The number of hydrogen-bond donors (Lipinski definition) is 1. The number of nitrogens with one attached hydrogen (secondary N) is 1. The van der Waals surface area contributed by atoms with Gasteiger partial charge in [0.25, 0.3) is 0 Å². The van der Waals surface area contributed by atoms with Gasteiger partial charge >= 0.3 is 0 Å². The van der Waals surface area contributed by atoms with Crippen molar-refractivity contribution < 1.29 is 0 Å². The third-order valence-electron chi connectivity index (χ3n) is 2.07. The molecule has 0 amide bonds. The number of imidazole rings is 1. The fourth-order valence-corrected chi connectivity index (χ4v) is 1.25. The summed E-state index contributed by atoms with van der Waals surface area (Å²) < 4.78 is 0. The van der Waals surface area contributed by atoms with E-state index in [1.165, 1.54) is 0 Å². The van der Waals surface area contributed by atoms with E-state index in [2.05, 4.69) is 40.7 Å². The van der Waals surface area contributed by atoms with E-state index >= 15 is 0 Å². The van der Waals surface area contributed by atoms with Gasteiger partial charge in [0.15, 0.2) is 5.65 Å². The molecule has 2 aromatic heterocycles. The summed E-state index contributed by atoms with van der Waals surface area (Å²) in [5, 5.41) is 0. The van der Waals surface area contributed by atoms with Gasteiger partial charge in [-0.25, -0.2) is 15.0 Å². The maximum atomic E-state index is 4.44. The van der Waals surface area contributed by atoms with Crippen LogP contribution >= 0.6 is 0 Å². The Balaban J connectivity index is 2.63. The van der Waals surface area contributed by atoms with Crippen LogP contribution in [-0.4, -0.2) is 19.9 Å². The smallest absolute Gasteiger partial charge is 0.181 e. The summed E-state index contributed by atoms with van der Waals surface area (Å²) in [5.74, 6) is 1.71. The first-order chi connectivity index (χ1) is 6.47. The number of hydrogen-bond acceptors (Lipinski definition) is 3. The van der Waals surface area contributed by atoms with Crippen molar-refractivity contribution in [3.63, 3.8) is 0 Å². The molecule has 0 aromatic carbocycles. The Kier molecular flexibility index (Phi) is 1.80. The number of aromatic nitrogens is 4. The molecule has 0 aliphatic heterocycles. The molecule has 0 spiro atoms. The van der Waals surface area contributed by atoms with E-state index in [1.807, 2.05) is 6.92 Å². The van der Waals surface area contributed by atoms with E-state index in [4.69, 9.17) is 0 Å². The van der Waals surface area contributed by atoms with Gasteiger partial charge in [-0.1, -0.05) is 20.8 Å². The number of nitrogens with zero attached hydrogens (tertiary/aromatic N) is 3. The first kappa shape index (κ1) is 9.12. The maximum Gasteiger partial charge on any atom is 0.181 e. The number of rotatable bonds is 0. The van der Waals surface area contributed by atoms with E-state index in [9.17, 15) is 0 Å². The molecule has 0 saturated carbocycles. The van der Waals surface area contributed by atoms with Gasteiger partial charge in [-0.15, -0.1) is 0 Å². The predicted octanol–water partition coefficient (Wildman–Crippen LogP) is 1.96. The molecule has 2 heterocycles. The summed E-state index contributed by atoms with van der Waals surface area (Å²) in [7, 11) is 0. The number of aryl methyl sites for hydroxylation is 1. The van der Waals surface area contributed by atoms with Crippen molar-refractivity contribution in [2.45, 2.75) is 33.1 Å². The fourth-order valence-electron chi connectivity index (χ4n) is 1.25. The molecule has 2 aromatic rings. The minimum absolute atomic E-state index is 0.0224. The van der Waals surface area contributed by atoms with Crippen molar-refractivity contribution in [2.75, 3.05) is 0 Å². The highest BCUT2D eigenvalue weighted by Gasteiger charge is 2.18. The molecule has 0 saturated heterocycles. The molecule has 0 aliphatic carbocycles. The highest BCUT2D eigenvalue weighted by atomic mass is 15.0. The van der Waals surface area contributed by atoms with Crippen LogP contribution in [0.15, 0.2) is 6.20 Å². The van der Waals surface area contributed by atoms with Crippen LogP contribution in [0.25, 0.3) is 11.2 Å².